The fourth-order valence-corrected chi connectivity index (χ4v) is 0.412. The Morgan fingerprint density at radius 3 is 2.75 bits per heavy atom. The van der Waals surface area contributed by atoms with E-state index in [-0.39, 0.29) is 12.7 Å². The molecule has 0 fully saturated rings. The summed E-state index contributed by atoms with van der Waals surface area (Å²) in [6.07, 6.45) is -0.0397. The number of rotatable bonds is 4. The zero-order valence-electron chi connectivity index (χ0n) is 5.00. The van der Waals surface area contributed by atoms with Gasteiger partial charge in [-0.2, -0.15) is 12.6 Å². The fraction of sp³-hybridized carbons (Fsp3) is 1.00. The lowest BCUT2D eigenvalue weighted by Crippen LogP contribution is -2.13. The first kappa shape index (κ1) is 8.27. The van der Waals surface area contributed by atoms with E-state index in [2.05, 4.69) is 12.6 Å². The molecule has 0 aliphatic carbocycles. The lowest BCUT2D eigenvalue weighted by atomic mass is 10.4. The first-order chi connectivity index (χ1) is 3.81. The number of hydrogen-bond donors (Lipinski definition) is 2. The van der Waals surface area contributed by atoms with E-state index in [9.17, 15) is 0 Å². The molecule has 0 saturated heterocycles. The second kappa shape index (κ2) is 5.41. The Kier molecular flexibility index (Phi) is 5.59. The van der Waals surface area contributed by atoms with Crippen molar-refractivity contribution in [2.45, 2.75) is 13.0 Å². The molecule has 1 unspecified atom stereocenters. The average Bonchev–Trinajstić information content (AvgIpc) is 1.83. The smallest absolute Gasteiger partial charge is 0.0778 e. The van der Waals surface area contributed by atoms with Gasteiger partial charge in [-0.1, -0.05) is 0 Å². The lowest BCUT2D eigenvalue weighted by Gasteiger charge is -2.06. The molecule has 0 aliphatic rings. The Hall–Kier alpha value is 0.270. The molecule has 0 aromatic carbocycles. The van der Waals surface area contributed by atoms with Gasteiger partial charge in [0.2, 0.25) is 0 Å². The predicted molar refractivity (Wildman–Crippen MR) is 36.4 cm³/mol. The molecule has 0 aromatic rings. The zero-order valence-corrected chi connectivity index (χ0v) is 5.90. The molecule has 0 rings (SSSR count). The summed E-state index contributed by atoms with van der Waals surface area (Å²) < 4.78 is 5.01. The molecule has 0 saturated carbocycles. The van der Waals surface area contributed by atoms with Crippen molar-refractivity contribution in [1.82, 2.24) is 0 Å². The molecule has 50 valence electrons. The van der Waals surface area contributed by atoms with Gasteiger partial charge in [-0.05, 0) is 6.92 Å². The molecule has 0 radical (unpaired) electrons. The first-order valence-corrected chi connectivity index (χ1v) is 3.27. The van der Waals surface area contributed by atoms with Gasteiger partial charge in [-0.3, -0.25) is 0 Å². The summed E-state index contributed by atoms with van der Waals surface area (Å²) in [5, 5.41) is 8.41. The molecule has 0 heterocycles. The highest BCUT2D eigenvalue weighted by atomic mass is 32.1. The van der Waals surface area contributed by atoms with Crippen molar-refractivity contribution in [3.63, 3.8) is 0 Å². The van der Waals surface area contributed by atoms with E-state index >= 15 is 0 Å². The van der Waals surface area contributed by atoms with Crippen LogP contribution in [0.1, 0.15) is 6.92 Å². The monoisotopic (exact) mass is 136 g/mol. The number of aliphatic hydroxyl groups is 1. The van der Waals surface area contributed by atoms with Crippen LogP contribution in [0.25, 0.3) is 0 Å². The first-order valence-electron chi connectivity index (χ1n) is 2.64. The summed E-state index contributed by atoms with van der Waals surface area (Å²) in [6.45, 7) is 2.53. The molecule has 0 bridgehead atoms. The average molecular weight is 136 g/mol. The summed E-state index contributed by atoms with van der Waals surface area (Å²) in [4.78, 5) is 0. The molecular formula is C5H12O2S. The van der Waals surface area contributed by atoms with Crippen molar-refractivity contribution < 1.29 is 9.84 Å². The Morgan fingerprint density at radius 2 is 2.38 bits per heavy atom. The summed E-state index contributed by atoms with van der Waals surface area (Å²) >= 11 is 3.93. The normalized spacial score (nSPS) is 13.9. The van der Waals surface area contributed by atoms with Crippen molar-refractivity contribution in [3.05, 3.63) is 0 Å². The molecule has 0 aliphatic heterocycles. The van der Waals surface area contributed by atoms with Crippen molar-refractivity contribution in [1.29, 1.82) is 0 Å². The molecule has 0 aromatic heterocycles. The molecule has 0 spiro atoms. The van der Waals surface area contributed by atoms with Gasteiger partial charge in [0.15, 0.2) is 0 Å². The largest absolute Gasteiger partial charge is 0.394 e. The van der Waals surface area contributed by atoms with Crippen molar-refractivity contribution >= 4 is 12.6 Å². The summed E-state index contributed by atoms with van der Waals surface area (Å²) in [6, 6.07) is 0. The Labute approximate surface area is 55.3 Å². The van der Waals surface area contributed by atoms with Gasteiger partial charge in [0.1, 0.15) is 0 Å². The van der Waals surface area contributed by atoms with Crippen molar-refractivity contribution in [2.75, 3.05) is 19.0 Å². The second-order valence-electron chi connectivity index (χ2n) is 1.59. The quantitative estimate of drug-likeness (QED) is 0.545. The topological polar surface area (TPSA) is 29.5 Å². The number of hydrogen-bond acceptors (Lipinski definition) is 3. The SMILES string of the molecule is CC(CO)OCCS. The molecule has 2 nitrogen and oxygen atoms in total. The van der Waals surface area contributed by atoms with E-state index in [0.717, 1.165) is 0 Å². The van der Waals surface area contributed by atoms with Gasteiger partial charge in [-0.15, -0.1) is 0 Å². The third-order valence-corrected chi connectivity index (χ3v) is 0.933. The Balaban J connectivity index is 2.86. The predicted octanol–water partition coefficient (Wildman–Crippen LogP) is 0.314. The lowest BCUT2D eigenvalue weighted by molar-refractivity contribution is 0.0341. The van der Waals surface area contributed by atoms with Crippen LogP contribution in [0.3, 0.4) is 0 Å². The van der Waals surface area contributed by atoms with Crippen LogP contribution >= 0.6 is 12.6 Å². The maximum Gasteiger partial charge on any atom is 0.0778 e. The maximum atomic E-state index is 8.41. The van der Waals surface area contributed by atoms with Gasteiger partial charge < -0.3 is 9.84 Å². The van der Waals surface area contributed by atoms with Gasteiger partial charge in [0, 0.05) is 5.75 Å². The number of ether oxygens (including phenoxy) is 1. The minimum Gasteiger partial charge on any atom is -0.394 e. The maximum absolute atomic E-state index is 8.41. The van der Waals surface area contributed by atoms with E-state index in [4.69, 9.17) is 9.84 Å². The standard InChI is InChI=1S/C5H12O2S/c1-5(4-6)7-2-3-8/h5-6,8H,2-4H2,1H3. The number of thiol groups is 1. The fourth-order valence-electron chi connectivity index (χ4n) is 0.307. The van der Waals surface area contributed by atoms with E-state index in [1.54, 1.807) is 0 Å². The van der Waals surface area contributed by atoms with Crippen LogP contribution < -0.4 is 0 Å². The molecule has 8 heavy (non-hydrogen) atoms. The summed E-state index contributed by atoms with van der Waals surface area (Å²) in [7, 11) is 0. The molecule has 0 amide bonds. The van der Waals surface area contributed by atoms with Crippen molar-refractivity contribution in [3.8, 4) is 0 Å². The van der Waals surface area contributed by atoms with E-state index in [1.165, 1.54) is 0 Å². The van der Waals surface area contributed by atoms with Crippen LogP contribution in [-0.4, -0.2) is 30.2 Å². The highest BCUT2D eigenvalue weighted by Crippen LogP contribution is 1.87. The second-order valence-corrected chi connectivity index (χ2v) is 2.03. The minimum absolute atomic E-state index is 0.0397. The van der Waals surface area contributed by atoms with Crippen LogP contribution in [0, 0.1) is 0 Å². The van der Waals surface area contributed by atoms with Crippen LogP contribution in [0.15, 0.2) is 0 Å². The highest BCUT2D eigenvalue weighted by molar-refractivity contribution is 7.80. The highest BCUT2D eigenvalue weighted by Gasteiger charge is 1.95. The van der Waals surface area contributed by atoms with Gasteiger partial charge in [0.05, 0.1) is 19.3 Å². The van der Waals surface area contributed by atoms with E-state index in [1.807, 2.05) is 6.92 Å². The molecule has 1 atom stereocenters. The van der Waals surface area contributed by atoms with Crippen LogP contribution in [0.2, 0.25) is 0 Å². The van der Waals surface area contributed by atoms with Gasteiger partial charge in [-0.25, -0.2) is 0 Å². The van der Waals surface area contributed by atoms with E-state index < -0.39 is 0 Å². The van der Waals surface area contributed by atoms with Gasteiger partial charge in [0.25, 0.3) is 0 Å². The van der Waals surface area contributed by atoms with Crippen molar-refractivity contribution in [2.24, 2.45) is 0 Å². The number of aliphatic hydroxyl groups excluding tert-OH is 1. The summed E-state index contributed by atoms with van der Waals surface area (Å²) in [5.41, 5.74) is 0. The van der Waals surface area contributed by atoms with E-state index in [0.29, 0.717) is 12.4 Å². The van der Waals surface area contributed by atoms with Crippen LogP contribution in [0.4, 0.5) is 0 Å². The van der Waals surface area contributed by atoms with Gasteiger partial charge >= 0.3 is 0 Å². The molecule has 3 heteroatoms. The third-order valence-electron chi connectivity index (χ3n) is 0.751. The van der Waals surface area contributed by atoms with Crippen LogP contribution in [-0.2, 0) is 4.74 Å². The Bertz CT molecular complexity index is 49.7. The third kappa shape index (κ3) is 4.43. The van der Waals surface area contributed by atoms with Crippen LogP contribution in [0.5, 0.6) is 0 Å². The molecular weight excluding hydrogens is 124 g/mol. The minimum atomic E-state index is -0.0397. The summed E-state index contributed by atoms with van der Waals surface area (Å²) in [5.74, 6) is 0.713. The Morgan fingerprint density at radius 1 is 1.75 bits per heavy atom. The molecule has 1 N–H and O–H groups in total. The zero-order chi connectivity index (χ0) is 6.41.